The van der Waals surface area contributed by atoms with Crippen molar-refractivity contribution in [2.75, 3.05) is 25.5 Å². The van der Waals surface area contributed by atoms with E-state index in [0.29, 0.717) is 12.4 Å². The standard InChI is InChI=1S/C13H21ClN2O2/c14-7-3-1-4-8-15-10-12(17)16-9-5-2-6-11(16)13(15)18/h11H,1-10H2. The lowest BCUT2D eigenvalue weighted by Crippen LogP contribution is -2.61. The third-order valence-electron chi connectivity index (χ3n) is 3.81. The summed E-state index contributed by atoms with van der Waals surface area (Å²) in [6.07, 6.45) is 5.87. The van der Waals surface area contributed by atoms with Crippen LogP contribution in [0.4, 0.5) is 0 Å². The number of piperidine rings is 1. The van der Waals surface area contributed by atoms with Crippen molar-refractivity contribution in [3.63, 3.8) is 0 Å². The number of halogens is 1. The summed E-state index contributed by atoms with van der Waals surface area (Å²) >= 11 is 5.62. The zero-order valence-corrected chi connectivity index (χ0v) is 11.5. The van der Waals surface area contributed by atoms with E-state index in [1.54, 1.807) is 9.80 Å². The van der Waals surface area contributed by atoms with Gasteiger partial charge in [-0.05, 0) is 32.1 Å². The summed E-state index contributed by atoms with van der Waals surface area (Å²) in [6, 6.07) is -0.173. The van der Waals surface area contributed by atoms with Crippen molar-refractivity contribution in [1.82, 2.24) is 9.80 Å². The number of carbonyl (C=O) groups excluding carboxylic acids is 2. The van der Waals surface area contributed by atoms with Crippen LogP contribution in [0.1, 0.15) is 38.5 Å². The van der Waals surface area contributed by atoms with Gasteiger partial charge in [0, 0.05) is 19.0 Å². The van der Waals surface area contributed by atoms with Crippen LogP contribution in [0, 0.1) is 0 Å². The van der Waals surface area contributed by atoms with Gasteiger partial charge in [0.1, 0.15) is 6.04 Å². The number of fused-ring (bicyclic) bond motifs is 1. The van der Waals surface area contributed by atoms with E-state index in [9.17, 15) is 9.59 Å². The van der Waals surface area contributed by atoms with Gasteiger partial charge < -0.3 is 9.80 Å². The van der Waals surface area contributed by atoms with Crippen LogP contribution in [0.15, 0.2) is 0 Å². The summed E-state index contributed by atoms with van der Waals surface area (Å²) in [4.78, 5) is 27.8. The van der Waals surface area contributed by atoms with Crippen LogP contribution >= 0.6 is 11.6 Å². The first-order valence-electron chi connectivity index (χ1n) is 6.88. The normalized spacial score (nSPS) is 24.4. The maximum Gasteiger partial charge on any atom is 0.245 e. The smallest absolute Gasteiger partial charge is 0.245 e. The van der Waals surface area contributed by atoms with Gasteiger partial charge in [-0.25, -0.2) is 0 Å². The number of amides is 2. The minimum atomic E-state index is -0.173. The van der Waals surface area contributed by atoms with E-state index in [1.165, 1.54) is 0 Å². The number of nitrogens with zero attached hydrogens (tertiary/aromatic N) is 2. The molecule has 2 aliphatic heterocycles. The molecule has 2 saturated heterocycles. The molecule has 1 unspecified atom stereocenters. The van der Waals surface area contributed by atoms with E-state index < -0.39 is 0 Å². The first kappa shape index (κ1) is 13.7. The molecule has 2 rings (SSSR count). The molecule has 2 heterocycles. The number of carbonyl (C=O) groups is 2. The number of alkyl halides is 1. The Morgan fingerprint density at radius 2 is 2.00 bits per heavy atom. The maximum absolute atomic E-state index is 12.3. The van der Waals surface area contributed by atoms with Gasteiger partial charge in [0.05, 0.1) is 6.54 Å². The molecule has 0 radical (unpaired) electrons. The van der Waals surface area contributed by atoms with E-state index >= 15 is 0 Å². The summed E-state index contributed by atoms with van der Waals surface area (Å²) in [5.41, 5.74) is 0. The first-order valence-corrected chi connectivity index (χ1v) is 7.41. The van der Waals surface area contributed by atoms with Crippen molar-refractivity contribution in [2.24, 2.45) is 0 Å². The highest BCUT2D eigenvalue weighted by molar-refractivity contribution is 6.17. The molecule has 0 aliphatic carbocycles. The lowest BCUT2D eigenvalue weighted by atomic mass is 9.98. The lowest BCUT2D eigenvalue weighted by molar-refractivity contribution is -0.157. The highest BCUT2D eigenvalue weighted by Crippen LogP contribution is 2.23. The van der Waals surface area contributed by atoms with Gasteiger partial charge >= 0.3 is 0 Å². The van der Waals surface area contributed by atoms with Crippen LogP contribution in [0.25, 0.3) is 0 Å². The highest BCUT2D eigenvalue weighted by Gasteiger charge is 2.39. The van der Waals surface area contributed by atoms with Gasteiger partial charge in [0.2, 0.25) is 11.8 Å². The van der Waals surface area contributed by atoms with Crippen LogP contribution < -0.4 is 0 Å². The van der Waals surface area contributed by atoms with Crippen molar-refractivity contribution >= 4 is 23.4 Å². The van der Waals surface area contributed by atoms with Crippen molar-refractivity contribution in [1.29, 1.82) is 0 Å². The van der Waals surface area contributed by atoms with E-state index in [2.05, 4.69) is 0 Å². The van der Waals surface area contributed by atoms with Crippen molar-refractivity contribution < 1.29 is 9.59 Å². The summed E-state index contributed by atoms with van der Waals surface area (Å²) in [6.45, 7) is 1.73. The monoisotopic (exact) mass is 272 g/mol. The van der Waals surface area contributed by atoms with E-state index in [4.69, 9.17) is 11.6 Å². The number of hydrogen-bond donors (Lipinski definition) is 0. The average Bonchev–Trinajstić information content (AvgIpc) is 2.40. The molecule has 2 aliphatic rings. The molecule has 0 spiro atoms. The minimum Gasteiger partial charge on any atom is -0.332 e. The summed E-state index contributed by atoms with van der Waals surface area (Å²) in [5, 5.41) is 0. The predicted octanol–water partition coefficient (Wildman–Crippen LogP) is 1.62. The van der Waals surface area contributed by atoms with Crippen LogP contribution in [-0.2, 0) is 9.59 Å². The molecule has 0 aromatic carbocycles. The zero-order valence-electron chi connectivity index (χ0n) is 10.7. The molecule has 18 heavy (non-hydrogen) atoms. The molecule has 1 atom stereocenters. The molecule has 4 nitrogen and oxygen atoms in total. The predicted molar refractivity (Wildman–Crippen MR) is 70.5 cm³/mol. The van der Waals surface area contributed by atoms with Crippen LogP contribution in [0.2, 0.25) is 0 Å². The molecule has 2 fully saturated rings. The average molecular weight is 273 g/mol. The van der Waals surface area contributed by atoms with Gasteiger partial charge in [0.15, 0.2) is 0 Å². The van der Waals surface area contributed by atoms with Crippen LogP contribution in [0.5, 0.6) is 0 Å². The Morgan fingerprint density at radius 3 is 2.78 bits per heavy atom. The van der Waals surface area contributed by atoms with Crippen molar-refractivity contribution in [3.8, 4) is 0 Å². The SMILES string of the molecule is O=C1C2CCCCN2C(=O)CN1CCCCCCl. The number of piperazine rings is 1. The second-order valence-corrected chi connectivity index (χ2v) is 5.49. The first-order chi connectivity index (χ1) is 8.74. The van der Waals surface area contributed by atoms with Gasteiger partial charge in [-0.2, -0.15) is 0 Å². The minimum absolute atomic E-state index is 0.122. The highest BCUT2D eigenvalue weighted by atomic mass is 35.5. The van der Waals surface area contributed by atoms with E-state index in [-0.39, 0.29) is 24.4 Å². The Kier molecular flexibility index (Phi) is 4.87. The quantitative estimate of drug-likeness (QED) is 0.564. The lowest BCUT2D eigenvalue weighted by Gasteiger charge is -2.42. The fourth-order valence-corrected chi connectivity index (χ4v) is 2.98. The Hall–Kier alpha value is -0.770. The number of hydrogen-bond acceptors (Lipinski definition) is 2. The third kappa shape index (κ3) is 2.97. The topological polar surface area (TPSA) is 40.6 Å². The van der Waals surface area contributed by atoms with Gasteiger partial charge in [0.25, 0.3) is 0 Å². The molecule has 0 aromatic rings. The van der Waals surface area contributed by atoms with Crippen LogP contribution in [0.3, 0.4) is 0 Å². The molecule has 2 amide bonds. The second-order valence-electron chi connectivity index (χ2n) is 5.11. The van der Waals surface area contributed by atoms with Gasteiger partial charge in [-0.3, -0.25) is 9.59 Å². The molecule has 0 bridgehead atoms. The Morgan fingerprint density at radius 1 is 1.17 bits per heavy atom. The molecule has 102 valence electrons. The fraction of sp³-hybridized carbons (Fsp3) is 0.846. The zero-order chi connectivity index (χ0) is 13.0. The molecule has 5 heteroatoms. The molecular formula is C13H21ClN2O2. The third-order valence-corrected chi connectivity index (χ3v) is 4.07. The maximum atomic E-state index is 12.3. The van der Waals surface area contributed by atoms with Crippen molar-refractivity contribution in [3.05, 3.63) is 0 Å². The van der Waals surface area contributed by atoms with E-state index in [1.807, 2.05) is 0 Å². The molecule has 0 aromatic heterocycles. The Balaban J connectivity index is 1.88. The van der Waals surface area contributed by atoms with Gasteiger partial charge in [-0.15, -0.1) is 11.6 Å². The number of rotatable bonds is 5. The van der Waals surface area contributed by atoms with E-state index in [0.717, 1.165) is 45.1 Å². The molecular weight excluding hydrogens is 252 g/mol. The Bertz CT molecular complexity index is 322. The second kappa shape index (κ2) is 6.41. The summed E-state index contributed by atoms with van der Waals surface area (Å²) in [7, 11) is 0. The molecule has 0 N–H and O–H groups in total. The van der Waals surface area contributed by atoms with Gasteiger partial charge in [-0.1, -0.05) is 6.42 Å². The Labute approximate surface area is 113 Å². The van der Waals surface area contributed by atoms with Crippen molar-refractivity contribution in [2.45, 2.75) is 44.6 Å². The molecule has 0 saturated carbocycles. The number of unbranched alkanes of at least 4 members (excludes halogenated alkanes) is 2. The fourth-order valence-electron chi connectivity index (χ4n) is 2.79. The largest absolute Gasteiger partial charge is 0.332 e. The summed E-state index contributed by atoms with van der Waals surface area (Å²) in [5.74, 6) is 0.945. The summed E-state index contributed by atoms with van der Waals surface area (Å²) < 4.78 is 0. The van der Waals surface area contributed by atoms with Crippen LogP contribution in [-0.4, -0.2) is 53.2 Å².